The molecule has 1 N–H and O–H groups in total. The van der Waals surface area contributed by atoms with Gasteiger partial charge in [0.25, 0.3) is 0 Å². The maximum Gasteiger partial charge on any atom is 0.416 e. The minimum absolute atomic E-state index is 0.145. The Morgan fingerprint density at radius 1 is 1.10 bits per heavy atom. The largest absolute Gasteiger partial charge is 0.416 e. The van der Waals surface area contributed by atoms with Crippen LogP contribution in [0.15, 0.2) is 59.5 Å². The molecule has 5 nitrogen and oxygen atoms in total. The molecule has 0 saturated heterocycles. The zero-order valence-electron chi connectivity index (χ0n) is 16.1. The number of nitrogens with zero attached hydrogens (tertiary/aromatic N) is 1. The number of hydrogen-bond acceptors (Lipinski definition) is 3. The summed E-state index contributed by atoms with van der Waals surface area (Å²) in [7, 11) is -4.35. The molecule has 29 heavy (non-hydrogen) atoms. The average molecular weight is 428 g/mol. The maximum absolute atomic E-state index is 13.1. The van der Waals surface area contributed by atoms with Crippen LogP contribution in [0.1, 0.15) is 31.4 Å². The normalized spacial score (nSPS) is 13.3. The van der Waals surface area contributed by atoms with Crippen LogP contribution in [0.3, 0.4) is 0 Å². The fourth-order valence-electron chi connectivity index (χ4n) is 2.58. The summed E-state index contributed by atoms with van der Waals surface area (Å²) in [6.07, 6.45) is -4.02. The highest BCUT2D eigenvalue weighted by atomic mass is 32.2. The summed E-state index contributed by atoms with van der Waals surface area (Å²) >= 11 is 0. The van der Waals surface area contributed by atoms with E-state index in [0.717, 1.165) is 22.5 Å². The van der Waals surface area contributed by atoms with Crippen molar-refractivity contribution in [2.24, 2.45) is 0 Å². The second kappa shape index (κ2) is 9.41. The molecule has 0 aromatic heterocycles. The van der Waals surface area contributed by atoms with Gasteiger partial charge in [-0.25, -0.2) is 8.42 Å². The summed E-state index contributed by atoms with van der Waals surface area (Å²) < 4.78 is 66.1. The van der Waals surface area contributed by atoms with E-state index >= 15 is 0 Å². The molecule has 1 atom stereocenters. The maximum atomic E-state index is 13.1. The van der Waals surface area contributed by atoms with E-state index < -0.39 is 39.1 Å². The number of carbonyl (C=O) groups is 1. The Morgan fingerprint density at radius 2 is 1.76 bits per heavy atom. The number of amides is 1. The number of hydrogen-bond donors (Lipinski definition) is 1. The van der Waals surface area contributed by atoms with Gasteiger partial charge in [0.1, 0.15) is 0 Å². The summed E-state index contributed by atoms with van der Waals surface area (Å²) in [5.74, 6) is -0.522. The molecule has 2 rings (SSSR count). The van der Waals surface area contributed by atoms with Crippen molar-refractivity contribution in [1.82, 2.24) is 9.62 Å². The quantitative estimate of drug-likeness (QED) is 0.695. The Bertz CT molecular complexity index is 931. The molecule has 0 aliphatic carbocycles. The first kappa shape index (κ1) is 22.9. The van der Waals surface area contributed by atoms with E-state index in [2.05, 4.69) is 5.32 Å². The van der Waals surface area contributed by atoms with Gasteiger partial charge in [-0.15, -0.1) is 0 Å². The molecule has 1 unspecified atom stereocenters. The SMILES string of the molecule is CCC(C)NC(=O)CN(Cc1ccccc1)S(=O)(=O)c1cccc(C(F)(F)F)c1. The van der Waals surface area contributed by atoms with Crippen LogP contribution in [0.2, 0.25) is 0 Å². The van der Waals surface area contributed by atoms with Gasteiger partial charge in [0.2, 0.25) is 15.9 Å². The lowest BCUT2D eigenvalue weighted by Crippen LogP contribution is -2.43. The summed E-state index contributed by atoms with van der Waals surface area (Å²) in [6.45, 7) is 3.00. The van der Waals surface area contributed by atoms with Gasteiger partial charge in [-0.3, -0.25) is 4.79 Å². The molecule has 9 heteroatoms. The van der Waals surface area contributed by atoms with Crippen molar-refractivity contribution in [1.29, 1.82) is 0 Å². The molecule has 158 valence electrons. The van der Waals surface area contributed by atoms with Gasteiger partial charge in [-0.1, -0.05) is 43.3 Å². The number of sulfonamides is 1. The first-order valence-corrected chi connectivity index (χ1v) is 10.5. The fraction of sp³-hybridized carbons (Fsp3) is 0.350. The smallest absolute Gasteiger partial charge is 0.353 e. The van der Waals surface area contributed by atoms with Crippen molar-refractivity contribution in [3.8, 4) is 0 Å². The molecule has 2 aromatic rings. The predicted molar refractivity (Wildman–Crippen MR) is 103 cm³/mol. The van der Waals surface area contributed by atoms with E-state index in [1.807, 2.05) is 6.92 Å². The van der Waals surface area contributed by atoms with Crippen molar-refractivity contribution in [2.45, 2.75) is 43.9 Å². The highest BCUT2D eigenvalue weighted by Gasteiger charge is 2.33. The van der Waals surface area contributed by atoms with E-state index in [0.29, 0.717) is 18.1 Å². The standard InChI is InChI=1S/C20H23F3N2O3S/c1-3-15(2)24-19(26)14-25(13-16-8-5-4-6-9-16)29(27,28)18-11-7-10-17(12-18)20(21,22)23/h4-12,15H,3,13-14H2,1-2H3,(H,24,26). The lowest BCUT2D eigenvalue weighted by atomic mass is 10.2. The number of nitrogens with one attached hydrogen (secondary N) is 1. The van der Waals surface area contributed by atoms with Crippen LogP contribution < -0.4 is 5.32 Å². The molecule has 0 spiro atoms. The highest BCUT2D eigenvalue weighted by Crippen LogP contribution is 2.31. The Hall–Kier alpha value is -2.39. The van der Waals surface area contributed by atoms with Gasteiger partial charge in [0.05, 0.1) is 17.0 Å². The van der Waals surface area contributed by atoms with Crippen LogP contribution in [0.5, 0.6) is 0 Å². The second-order valence-electron chi connectivity index (χ2n) is 6.66. The summed E-state index contributed by atoms with van der Waals surface area (Å²) in [5.41, 5.74) is -0.457. The van der Waals surface area contributed by atoms with E-state index in [-0.39, 0.29) is 12.6 Å². The molecular weight excluding hydrogens is 405 g/mol. The molecule has 0 aliphatic rings. The van der Waals surface area contributed by atoms with Crippen LogP contribution in [0.4, 0.5) is 13.2 Å². The third kappa shape index (κ3) is 6.30. The molecule has 0 radical (unpaired) electrons. The zero-order valence-corrected chi connectivity index (χ0v) is 16.9. The highest BCUT2D eigenvalue weighted by molar-refractivity contribution is 7.89. The third-order valence-corrected chi connectivity index (χ3v) is 6.13. The monoisotopic (exact) mass is 428 g/mol. The first-order chi connectivity index (χ1) is 13.5. The van der Waals surface area contributed by atoms with Crippen LogP contribution in [-0.4, -0.2) is 31.2 Å². The van der Waals surface area contributed by atoms with Crippen molar-refractivity contribution in [3.05, 3.63) is 65.7 Å². The molecule has 0 fully saturated rings. The first-order valence-electron chi connectivity index (χ1n) is 9.04. The van der Waals surface area contributed by atoms with Gasteiger partial charge in [0.15, 0.2) is 0 Å². The fourth-order valence-corrected chi connectivity index (χ4v) is 4.01. The van der Waals surface area contributed by atoms with Crippen molar-refractivity contribution in [3.63, 3.8) is 0 Å². The number of benzene rings is 2. The van der Waals surface area contributed by atoms with Gasteiger partial charge < -0.3 is 5.32 Å². The number of carbonyl (C=O) groups excluding carboxylic acids is 1. The zero-order chi connectivity index (χ0) is 21.7. The van der Waals surface area contributed by atoms with Gasteiger partial charge in [-0.05, 0) is 37.1 Å². The molecule has 0 saturated carbocycles. The molecule has 0 bridgehead atoms. The molecule has 2 aromatic carbocycles. The average Bonchev–Trinajstić information content (AvgIpc) is 2.67. The minimum Gasteiger partial charge on any atom is -0.353 e. The summed E-state index contributed by atoms with van der Waals surface area (Å²) in [6, 6.07) is 11.9. The Kier molecular flexibility index (Phi) is 7.43. The lowest BCUT2D eigenvalue weighted by molar-refractivity contribution is -0.137. The van der Waals surface area contributed by atoms with Gasteiger partial charge >= 0.3 is 6.18 Å². The molecular formula is C20H23F3N2O3S. The Labute approximate surface area is 168 Å². The minimum atomic E-state index is -4.68. The topological polar surface area (TPSA) is 66.5 Å². The van der Waals surface area contributed by atoms with Crippen molar-refractivity contribution >= 4 is 15.9 Å². The number of alkyl halides is 3. The van der Waals surface area contributed by atoms with E-state index in [1.165, 1.54) is 0 Å². The second-order valence-corrected chi connectivity index (χ2v) is 8.60. The van der Waals surface area contributed by atoms with E-state index in [9.17, 15) is 26.4 Å². The van der Waals surface area contributed by atoms with Crippen molar-refractivity contribution < 1.29 is 26.4 Å². The van der Waals surface area contributed by atoms with Gasteiger partial charge in [-0.2, -0.15) is 17.5 Å². The third-order valence-electron chi connectivity index (χ3n) is 4.34. The Morgan fingerprint density at radius 3 is 2.34 bits per heavy atom. The lowest BCUT2D eigenvalue weighted by Gasteiger charge is -2.23. The summed E-state index contributed by atoms with van der Waals surface area (Å²) in [4.78, 5) is 11.8. The van der Waals surface area contributed by atoms with E-state index in [4.69, 9.17) is 0 Å². The predicted octanol–water partition coefficient (Wildman–Crippen LogP) is 3.81. The molecule has 0 heterocycles. The molecule has 0 aliphatic heterocycles. The van der Waals surface area contributed by atoms with Crippen LogP contribution in [0.25, 0.3) is 0 Å². The van der Waals surface area contributed by atoms with E-state index in [1.54, 1.807) is 37.3 Å². The van der Waals surface area contributed by atoms with Gasteiger partial charge in [0, 0.05) is 12.6 Å². The Balaban J connectivity index is 2.39. The van der Waals surface area contributed by atoms with Crippen LogP contribution in [-0.2, 0) is 27.5 Å². The summed E-state index contributed by atoms with van der Waals surface area (Å²) in [5, 5.41) is 2.68. The number of rotatable bonds is 8. The van der Waals surface area contributed by atoms with Crippen LogP contribution >= 0.6 is 0 Å². The number of halogens is 3. The van der Waals surface area contributed by atoms with Crippen molar-refractivity contribution in [2.75, 3.05) is 6.54 Å². The van der Waals surface area contributed by atoms with Crippen LogP contribution in [0, 0.1) is 0 Å². The molecule has 1 amide bonds.